The van der Waals surface area contributed by atoms with Crippen molar-refractivity contribution in [1.29, 1.82) is 0 Å². The monoisotopic (exact) mass is 336 g/mol. The zero-order chi connectivity index (χ0) is 17.8. The Balaban J connectivity index is 2.67. The summed E-state index contributed by atoms with van der Waals surface area (Å²) in [6.45, 7) is 12.3. The fourth-order valence-corrected chi connectivity index (χ4v) is 4.80. The molecule has 0 N–H and O–H groups in total. The summed E-state index contributed by atoms with van der Waals surface area (Å²) >= 11 is 0. The minimum Gasteiger partial charge on any atom is -0.0651 e. The van der Waals surface area contributed by atoms with E-state index in [0.29, 0.717) is 0 Å². The van der Waals surface area contributed by atoms with Crippen LogP contribution in [0.2, 0.25) is 0 Å². The van der Waals surface area contributed by atoms with Crippen LogP contribution >= 0.6 is 0 Å². The second-order valence-electron chi connectivity index (χ2n) is 9.39. The zero-order valence-corrected chi connectivity index (χ0v) is 17.8. The standard InChI is InChI=1S/C24H48/c1-6-20(3)19-24-18-16-22(5)14-12-10-8-9-11-13-21(4)15-17-23(24)7-2/h20-24H,6-19H2,1-5H3. The molecule has 0 nitrogen and oxygen atoms in total. The summed E-state index contributed by atoms with van der Waals surface area (Å²) in [5.74, 6) is 4.79. The van der Waals surface area contributed by atoms with Crippen LogP contribution in [0.25, 0.3) is 0 Å². The van der Waals surface area contributed by atoms with E-state index < -0.39 is 0 Å². The second kappa shape index (κ2) is 13.2. The van der Waals surface area contributed by atoms with Gasteiger partial charge in [-0.3, -0.25) is 0 Å². The molecule has 0 saturated heterocycles. The average Bonchev–Trinajstić information content (AvgIpc) is 2.58. The normalized spacial score (nSPS) is 33.4. The molecule has 0 aromatic carbocycles. The Hall–Kier alpha value is 0. The Morgan fingerprint density at radius 2 is 1.17 bits per heavy atom. The first-order chi connectivity index (χ1) is 11.6. The van der Waals surface area contributed by atoms with Gasteiger partial charge in [0.1, 0.15) is 0 Å². The van der Waals surface area contributed by atoms with Gasteiger partial charge in [0.25, 0.3) is 0 Å². The molecule has 0 bridgehead atoms. The van der Waals surface area contributed by atoms with Crippen LogP contribution in [0.4, 0.5) is 0 Å². The molecule has 0 spiro atoms. The maximum absolute atomic E-state index is 2.52. The highest BCUT2D eigenvalue weighted by Crippen LogP contribution is 2.35. The molecule has 5 unspecified atom stereocenters. The van der Waals surface area contributed by atoms with Crippen molar-refractivity contribution in [3.8, 4) is 0 Å². The lowest BCUT2D eigenvalue weighted by Gasteiger charge is -2.30. The van der Waals surface area contributed by atoms with Crippen LogP contribution in [0.5, 0.6) is 0 Å². The molecule has 0 aromatic heterocycles. The van der Waals surface area contributed by atoms with Crippen molar-refractivity contribution in [2.24, 2.45) is 29.6 Å². The van der Waals surface area contributed by atoms with Gasteiger partial charge in [0.15, 0.2) is 0 Å². The van der Waals surface area contributed by atoms with Crippen molar-refractivity contribution < 1.29 is 0 Å². The van der Waals surface area contributed by atoms with E-state index in [4.69, 9.17) is 0 Å². The molecule has 5 atom stereocenters. The maximum Gasteiger partial charge on any atom is -0.0383 e. The fraction of sp³-hybridized carbons (Fsp3) is 1.00. The summed E-state index contributed by atoms with van der Waals surface area (Å²) in [6.07, 6.45) is 20.5. The third-order valence-electron chi connectivity index (χ3n) is 7.05. The maximum atomic E-state index is 2.52. The van der Waals surface area contributed by atoms with Gasteiger partial charge in [-0.05, 0) is 48.9 Å². The summed E-state index contributed by atoms with van der Waals surface area (Å²) in [7, 11) is 0. The zero-order valence-electron chi connectivity index (χ0n) is 17.8. The molecule has 0 radical (unpaired) electrons. The predicted octanol–water partition coefficient (Wildman–Crippen LogP) is 8.64. The molecule has 1 aliphatic carbocycles. The molecule has 1 fully saturated rings. The molecule has 0 aliphatic heterocycles. The van der Waals surface area contributed by atoms with Gasteiger partial charge in [-0.2, -0.15) is 0 Å². The second-order valence-corrected chi connectivity index (χ2v) is 9.39. The summed E-state index contributed by atoms with van der Waals surface area (Å²) < 4.78 is 0. The van der Waals surface area contributed by atoms with Gasteiger partial charge < -0.3 is 0 Å². The first kappa shape index (κ1) is 22.0. The summed E-state index contributed by atoms with van der Waals surface area (Å²) in [4.78, 5) is 0. The molecular weight excluding hydrogens is 288 g/mol. The van der Waals surface area contributed by atoms with Gasteiger partial charge in [-0.15, -0.1) is 0 Å². The van der Waals surface area contributed by atoms with Gasteiger partial charge in [-0.25, -0.2) is 0 Å². The van der Waals surface area contributed by atoms with Crippen molar-refractivity contribution in [3.63, 3.8) is 0 Å². The minimum atomic E-state index is 0.916. The quantitative estimate of drug-likeness (QED) is 0.482. The minimum absolute atomic E-state index is 0.916. The summed E-state index contributed by atoms with van der Waals surface area (Å²) in [6, 6.07) is 0. The van der Waals surface area contributed by atoms with Crippen molar-refractivity contribution in [1.82, 2.24) is 0 Å². The molecule has 24 heavy (non-hydrogen) atoms. The lowest BCUT2D eigenvalue weighted by Crippen LogP contribution is -2.19. The lowest BCUT2D eigenvalue weighted by atomic mass is 9.75. The lowest BCUT2D eigenvalue weighted by molar-refractivity contribution is 0.210. The van der Waals surface area contributed by atoms with Crippen molar-refractivity contribution in [3.05, 3.63) is 0 Å². The Bertz CT molecular complexity index is 282. The van der Waals surface area contributed by atoms with Crippen LogP contribution in [-0.4, -0.2) is 0 Å². The molecule has 0 heterocycles. The molecule has 0 aromatic rings. The fourth-order valence-electron chi connectivity index (χ4n) is 4.80. The van der Waals surface area contributed by atoms with E-state index in [9.17, 15) is 0 Å². The topological polar surface area (TPSA) is 0 Å². The van der Waals surface area contributed by atoms with Crippen LogP contribution < -0.4 is 0 Å². The van der Waals surface area contributed by atoms with Crippen LogP contribution in [0.15, 0.2) is 0 Å². The van der Waals surface area contributed by atoms with Crippen LogP contribution in [-0.2, 0) is 0 Å². The molecule has 1 saturated carbocycles. The van der Waals surface area contributed by atoms with Crippen LogP contribution in [0, 0.1) is 29.6 Å². The highest BCUT2D eigenvalue weighted by molar-refractivity contribution is 4.74. The van der Waals surface area contributed by atoms with Gasteiger partial charge in [0, 0.05) is 0 Å². The van der Waals surface area contributed by atoms with Gasteiger partial charge in [0.2, 0.25) is 0 Å². The largest absolute Gasteiger partial charge is 0.0651 e. The van der Waals surface area contributed by atoms with E-state index in [-0.39, 0.29) is 0 Å². The molecule has 1 aliphatic rings. The van der Waals surface area contributed by atoms with Crippen molar-refractivity contribution in [2.45, 2.75) is 125 Å². The van der Waals surface area contributed by atoms with Crippen LogP contribution in [0.3, 0.4) is 0 Å². The Morgan fingerprint density at radius 3 is 1.67 bits per heavy atom. The number of hydrogen-bond donors (Lipinski definition) is 0. The highest BCUT2D eigenvalue weighted by atomic mass is 14.3. The molecule has 144 valence electrons. The first-order valence-electron chi connectivity index (χ1n) is 11.6. The SMILES string of the molecule is CCC(C)CC1CCC(C)CCCCCCCC(C)CCC1CC. The first-order valence-corrected chi connectivity index (χ1v) is 11.6. The summed E-state index contributed by atoms with van der Waals surface area (Å²) in [5, 5.41) is 0. The van der Waals surface area contributed by atoms with Crippen molar-refractivity contribution in [2.75, 3.05) is 0 Å². The Labute approximate surface area is 154 Å². The van der Waals surface area contributed by atoms with E-state index >= 15 is 0 Å². The molecule has 0 amide bonds. The predicted molar refractivity (Wildman–Crippen MR) is 110 cm³/mol. The van der Waals surface area contributed by atoms with Crippen molar-refractivity contribution >= 4 is 0 Å². The Kier molecular flexibility index (Phi) is 12.2. The average molecular weight is 337 g/mol. The molecule has 1 rings (SSSR count). The number of rotatable bonds is 4. The Morgan fingerprint density at radius 1 is 0.667 bits per heavy atom. The third kappa shape index (κ3) is 9.47. The van der Waals surface area contributed by atoms with Gasteiger partial charge in [-0.1, -0.05) is 105 Å². The van der Waals surface area contributed by atoms with E-state index in [1.807, 2.05) is 0 Å². The summed E-state index contributed by atoms with van der Waals surface area (Å²) in [5.41, 5.74) is 0. The van der Waals surface area contributed by atoms with E-state index in [1.165, 1.54) is 89.9 Å². The van der Waals surface area contributed by atoms with Gasteiger partial charge >= 0.3 is 0 Å². The molecular formula is C24H48. The number of hydrogen-bond acceptors (Lipinski definition) is 0. The van der Waals surface area contributed by atoms with E-state index in [0.717, 1.165) is 29.6 Å². The van der Waals surface area contributed by atoms with E-state index in [2.05, 4.69) is 34.6 Å². The van der Waals surface area contributed by atoms with Crippen LogP contribution in [0.1, 0.15) is 125 Å². The van der Waals surface area contributed by atoms with E-state index in [1.54, 1.807) is 0 Å². The third-order valence-corrected chi connectivity index (χ3v) is 7.05. The highest BCUT2D eigenvalue weighted by Gasteiger charge is 2.23. The smallest absolute Gasteiger partial charge is 0.0383 e. The molecule has 0 heteroatoms. The van der Waals surface area contributed by atoms with Gasteiger partial charge in [0.05, 0.1) is 0 Å².